The van der Waals surface area contributed by atoms with Crippen molar-refractivity contribution >= 4 is 50.9 Å². The number of carbonyl (C=O) groups excluding carboxylic acids is 4. The molecule has 0 radical (unpaired) electrons. The van der Waals surface area contributed by atoms with E-state index in [9.17, 15) is 19.2 Å². The van der Waals surface area contributed by atoms with Crippen LogP contribution < -0.4 is 4.90 Å². The number of rotatable bonds is 4. The van der Waals surface area contributed by atoms with E-state index >= 15 is 0 Å². The highest BCUT2D eigenvalue weighted by Gasteiger charge is 2.48. The molecule has 8 aromatic carbocycles. The lowest BCUT2D eigenvalue weighted by atomic mass is 9.65. The van der Waals surface area contributed by atoms with Gasteiger partial charge in [-0.1, -0.05) is 127 Å². The van der Waals surface area contributed by atoms with Crippen LogP contribution >= 0.6 is 0 Å². The van der Waals surface area contributed by atoms with Crippen LogP contribution in [-0.2, 0) is 5.41 Å². The quantitative estimate of drug-likeness (QED) is 0.169. The monoisotopic (exact) mass is 736 g/mol. The number of amides is 4. The summed E-state index contributed by atoms with van der Waals surface area (Å²) in [4.78, 5) is 56.5. The largest absolute Gasteiger partial charge is 0.277 e. The summed E-state index contributed by atoms with van der Waals surface area (Å²) in [5.74, 6) is -1.53. The predicted molar refractivity (Wildman–Crippen MR) is 223 cm³/mol. The average Bonchev–Trinajstić information content (AvgIpc) is 3.78. The molecule has 0 saturated carbocycles. The lowest BCUT2D eigenvalue weighted by Crippen LogP contribution is -2.31. The minimum Gasteiger partial charge on any atom is -0.277 e. The Morgan fingerprint density at radius 2 is 0.842 bits per heavy atom. The standard InChI is InChI=1S/C51H32N2O4/c1-29-19-24-44(33-12-4-3-11-32(29)33)51(42-17-9-7-13-34(42)35-14-8-10-18-43(35)51)45-25-26-46(37-16-6-5-15-36(37)45)53-49(56)39-23-21-31(28-41(39)50(53)57)30-20-22-38-40(27-30)48(55)52(2)47(38)54/h3-28H,1-2H3. The van der Waals surface area contributed by atoms with E-state index in [2.05, 4.69) is 104 Å². The van der Waals surface area contributed by atoms with Crippen molar-refractivity contribution in [1.82, 2.24) is 4.90 Å². The number of nitrogens with zero attached hydrogens (tertiary/aromatic N) is 2. The van der Waals surface area contributed by atoms with E-state index in [1.165, 1.54) is 50.5 Å². The molecule has 57 heavy (non-hydrogen) atoms. The molecule has 6 nitrogen and oxygen atoms in total. The third kappa shape index (κ3) is 4.29. The molecule has 0 fully saturated rings. The zero-order valence-corrected chi connectivity index (χ0v) is 31.0. The highest BCUT2D eigenvalue weighted by molar-refractivity contribution is 6.36. The molecule has 0 bridgehead atoms. The summed E-state index contributed by atoms with van der Waals surface area (Å²) >= 11 is 0. The maximum absolute atomic E-state index is 14.5. The summed E-state index contributed by atoms with van der Waals surface area (Å²) in [5, 5.41) is 4.08. The number of imide groups is 2. The first kappa shape index (κ1) is 32.9. The second kappa shape index (κ2) is 11.8. The van der Waals surface area contributed by atoms with Crippen LogP contribution in [0.15, 0.2) is 158 Å². The van der Waals surface area contributed by atoms with Crippen molar-refractivity contribution in [3.8, 4) is 22.3 Å². The Morgan fingerprint density at radius 1 is 0.386 bits per heavy atom. The normalized spacial score (nSPS) is 15.1. The molecule has 0 saturated heterocycles. The maximum atomic E-state index is 14.5. The molecular formula is C51H32N2O4. The van der Waals surface area contributed by atoms with E-state index in [0.29, 0.717) is 33.5 Å². The molecule has 4 amide bonds. The Bertz CT molecular complexity index is 3110. The van der Waals surface area contributed by atoms with Crippen molar-refractivity contribution in [3.63, 3.8) is 0 Å². The summed E-state index contributed by atoms with van der Waals surface area (Å²) in [6.45, 7) is 2.15. The zero-order chi connectivity index (χ0) is 38.7. The Kier molecular flexibility index (Phi) is 6.81. The van der Waals surface area contributed by atoms with Gasteiger partial charge in [0.15, 0.2) is 0 Å². The van der Waals surface area contributed by atoms with Gasteiger partial charge in [0, 0.05) is 12.4 Å². The van der Waals surface area contributed by atoms with Crippen LogP contribution in [0.3, 0.4) is 0 Å². The number of hydrogen-bond donors (Lipinski definition) is 0. The van der Waals surface area contributed by atoms with Gasteiger partial charge < -0.3 is 0 Å². The molecule has 3 aliphatic rings. The van der Waals surface area contributed by atoms with Gasteiger partial charge in [0.2, 0.25) is 0 Å². The smallest absolute Gasteiger partial charge is 0.266 e. The summed E-state index contributed by atoms with van der Waals surface area (Å²) in [6, 6.07) is 52.7. The fraction of sp³-hybridized carbons (Fsp3) is 0.0588. The van der Waals surface area contributed by atoms with Gasteiger partial charge in [-0.05, 0) is 103 Å². The van der Waals surface area contributed by atoms with E-state index < -0.39 is 17.2 Å². The molecule has 6 heteroatoms. The van der Waals surface area contributed by atoms with E-state index in [-0.39, 0.29) is 17.4 Å². The molecule has 0 aromatic heterocycles. The average molecular weight is 737 g/mol. The lowest BCUT2D eigenvalue weighted by Gasteiger charge is -2.36. The van der Waals surface area contributed by atoms with Gasteiger partial charge in [0.1, 0.15) is 0 Å². The van der Waals surface area contributed by atoms with Crippen LogP contribution in [0, 0.1) is 6.92 Å². The lowest BCUT2D eigenvalue weighted by molar-refractivity contribution is 0.0692. The van der Waals surface area contributed by atoms with Crippen LogP contribution in [-0.4, -0.2) is 35.6 Å². The molecule has 0 atom stereocenters. The predicted octanol–water partition coefficient (Wildman–Crippen LogP) is 10.4. The number of benzene rings is 8. The van der Waals surface area contributed by atoms with Crippen LogP contribution in [0.2, 0.25) is 0 Å². The number of aryl methyl sites for hydroxylation is 1. The number of fused-ring (bicyclic) bond motifs is 7. The van der Waals surface area contributed by atoms with Gasteiger partial charge in [-0.25, -0.2) is 4.90 Å². The minimum absolute atomic E-state index is 0.284. The molecule has 0 unspecified atom stereocenters. The van der Waals surface area contributed by atoms with Crippen molar-refractivity contribution < 1.29 is 19.2 Å². The van der Waals surface area contributed by atoms with Crippen molar-refractivity contribution in [3.05, 3.63) is 208 Å². The second-order valence-corrected chi connectivity index (χ2v) is 15.1. The molecule has 2 heterocycles. The van der Waals surface area contributed by atoms with E-state index in [4.69, 9.17) is 0 Å². The summed E-state index contributed by atoms with van der Waals surface area (Å²) in [6.07, 6.45) is 0. The third-order valence-electron chi connectivity index (χ3n) is 12.4. The fourth-order valence-electron chi connectivity index (χ4n) is 9.72. The van der Waals surface area contributed by atoms with Crippen molar-refractivity contribution in [2.45, 2.75) is 12.3 Å². The minimum atomic E-state index is -0.730. The van der Waals surface area contributed by atoms with Crippen LogP contribution in [0.5, 0.6) is 0 Å². The highest BCUT2D eigenvalue weighted by atomic mass is 16.2. The van der Waals surface area contributed by atoms with Gasteiger partial charge in [0.05, 0.1) is 33.4 Å². The van der Waals surface area contributed by atoms with Crippen molar-refractivity contribution in [2.24, 2.45) is 0 Å². The second-order valence-electron chi connectivity index (χ2n) is 15.1. The van der Waals surface area contributed by atoms with Crippen molar-refractivity contribution in [1.29, 1.82) is 0 Å². The first-order valence-electron chi connectivity index (χ1n) is 19.0. The zero-order valence-electron chi connectivity index (χ0n) is 31.0. The van der Waals surface area contributed by atoms with Crippen LogP contribution in [0.25, 0.3) is 43.8 Å². The molecule has 11 rings (SSSR count). The molecule has 0 spiro atoms. The molecule has 0 N–H and O–H groups in total. The molecule has 2 aliphatic heterocycles. The Balaban J connectivity index is 1.10. The topological polar surface area (TPSA) is 74.8 Å². The highest BCUT2D eigenvalue weighted by Crippen LogP contribution is 2.59. The Hall–Kier alpha value is -7.44. The summed E-state index contributed by atoms with van der Waals surface area (Å²) in [5.41, 5.74) is 10.5. The number of carbonyl (C=O) groups is 4. The third-order valence-corrected chi connectivity index (χ3v) is 12.4. The first-order chi connectivity index (χ1) is 27.8. The fourth-order valence-corrected chi connectivity index (χ4v) is 9.72. The molecule has 8 aromatic rings. The molecular weight excluding hydrogens is 705 g/mol. The van der Waals surface area contributed by atoms with E-state index in [1.807, 2.05) is 24.3 Å². The molecule has 270 valence electrons. The van der Waals surface area contributed by atoms with Gasteiger partial charge in [0.25, 0.3) is 23.6 Å². The molecule has 1 aliphatic carbocycles. The van der Waals surface area contributed by atoms with Gasteiger partial charge in [-0.2, -0.15) is 0 Å². The number of hydrogen-bond acceptors (Lipinski definition) is 4. The van der Waals surface area contributed by atoms with Crippen LogP contribution in [0.1, 0.15) is 69.2 Å². The maximum Gasteiger partial charge on any atom is 0.266 e. The van der Waals surface area contributed by atoms with E-state index in [0.717, 1.165) is 26.8 Å². The summed E-state index contributed by atoms with van der Waals surface area (Å²) in [7, 11) is 1.46. The SMILES string of the molecule is Cc1ccc(C2(c3ccc(N4C(=O)c5ccc(-c6ccc7c(c6)C(=O)N(C)C7=O)cc5C4=O)c4ccccc34)c3ccccc3-c3ccccc32)c2ccccc12. The first-order valence-corrected chi connectivity index (χ1v) is 19.0. The van der Waals surface area contributed by atoms with E-state index in [1.54, 1.807) is 36.4 Å². The summed E-state index contributed by atoms with van der Waals surface area (Å²) < 4.78 is 0. The van der Waals surface area contributed by atoms with Gasteiger partial charge in [-0.3, -0.25) is 24.1 Å². The van der Waals surface area contributed by atoms with Crippen LogP contribution in [0.4, 0.5) is 5.69 Å². The van der Waals surface area contributed by atoms with Gasteiger partial charge in [-0.15, -0.1) is 0 Å². The Labute approximate surface area is 328 Å². The van der Waals surface area contributed by atoms with Crippen molar-refractivity contribution in [2.75, 3.05) is 11.9 Å². The Morgan fingerprint density at radius 3 is 1.47 bits per heavy atom. The number of anilines is 1. The van der Waals surface area contributed by atoms with Gasteiger partial charge >= 0.3 is 0 Å².